The molecule has 0 unspecified atom stereocenters. The molecule has 0 spiro atoms. The fourth-order valence-electron chi connectivity index (χ4n) is 2.34. The summed E-state index contributed by atoms with van der Waals surface area (Å²) in [6.07, 6.45) is 0. The Balaban J connectivity index is 1.71. The summed E-state index contributed by atoms with van der Waals surface area (Å²) < 4.78 is 5.13. The molecule has 3 rings (SSSR count). The van der Waals surface area contributed by atoms with Crippen molar-refractivity contribution < 1.29 is 14.5 Å². The fourth-order valence-corrected chi connectivity index (χ4v) is 3.16. The Morgan fingerprint density at radius 1 is 1.35 bits per heavy atom. The number of anilines is 1. The third-order valence-corrected chi connectivity index (χ3v) is 4.66. The van der Waals surface area contributed by atoms with Gasteiger partial charge in [0.05, 0.1) is 40.1 Å². The van der Waals surface area contributed by atoms with E-state index in [-0.39, 0.29) is 17.3 Å². The topological polar surface area (TPSA) is 110 Å². The predicted molar refractivity (Wildman–Crippen MR) is 99.7 cm³/mol. The molecule has 1 aromatic heterocycles. The van der Waals surface area contributed by atoms with Crippen molar-refractivity contribution >= 4 is 40.1 Å². The van der Waals surface area contributed by atoms with E-state index in [2.05, 4.69) is 15.3 Å². The molecule has 26 heavy (non-hydrogen) atoms. The molecular formula is C17H16N4O4S. The minimum Gasteiger partial charge on any atom is -0.494 e. The molecule has 0 saturated heterocycles. The third-order valence-electron chi connectivity index (χ3n) is 3.68. The number of aromatic nitrogens is 2. The molecule has 0 saturated carbocycles. The number of nitrogens with one attached hydrogen (secondary N) is 2. The number of hydrogen-bond donors (Lipinski definition) is 2. The Kier molecular flexibility index (Phi) is 5.08. The number of para-hydroxylation sites is 2. The van der Waals surface area contributed by atoms with Crippen LogP contribution in [0.15, 0.2) is 47.6 Å². The number of rotatable bonds is 6. The van der Waals surface area contributed by atoms with Crippen molar-refractivity contribution in [3.63, 3.8) is 0 Å². The first kappa shape index (κ1) is 17.7. The summed E-state index contributed by atoms with van der Waals surface area (Å²) in [6, 6.07) is 11.6. The Morgan fingerprint density at radius 3 is 2.81 bits per heavy atom. The second-order valence-corrected chi connectivity index (χ2v) is 6.78. The number of carbonyl (C=O) groups excluding carboxylic acids is 1. The molecule has 0 aliphatic carbocycles. The van der Waals surface area contributed by atoms with E-state index in [9.17, 15) is 14.9 Å². The van der Waals surface area contributed by atoms with E-state index in [0.717, 1.165) is 11.0 Å². The number of ether oxygens (including phenoxy) is 1. The van der Waals surface area contributed by atoms with E-state index in [1.807, 2.05) is 24.3 Å². The maximum absolute atomic E-state index is 12.5. The van der Waals surface area contributed by atoms with Gasteiger partial charge in [0.25, 0.3) is 5.69 Å². The number of amides is 1. The number of thioether (sulfide) groups is 1. The summed E-state index contributed by atoms with van der Waals surface area (Å²) in [5.41, 5.74) is 2.00. The van der Waals surface area contributed by atoms with Crippen LogP contribution in [0.5, 0.6) is 5.75 Å². The smallest absolute Gasteiger partial charge is 0.273 e. The van der Waals surface area contributed by atoms with E-state index in [1.165, 1.54) is 37.1 Å². The van der Waals surface area contributed by atoms with Crippen LogP contribution in [-0.4, -0.2) is 33.2 Å². The number of nitrogens with zero attached hydrogens (tertiary/aromatic N) is 2. The lowest BCUT2D eigenvalue weighted by Gasteiger charge is -2.13. The molecule has 9 heteroatoms. The monoisotopic (exact) mass is 372 g/mol. The van der Waals surface area contributed by atoms with E-state index in [1.54, 1.807) is 6.92 Å². The number of aromatic amines is 1. The summed E-state index contributed by atoms with van der Waals surface area (Å²) in [5.74, 6) is -0.0314. The zero-order valence-corrected chi connectivity index (χ0v) is 14.9. The highest BCUT2D eigenvalue weighted by atomic mass is 32.2. The lowest BCUT2D eigenvalue weighted by atomic mass is 10.2. The number of nitro groups is 1. The van der Waals surface area contributed by atoms with Crippen molar-refractivity contribution in [3.8, 4) is 5.75 Å². The first-order valence-electron chi connectivity index (χ1n) is 7.72. The maximum atomic E-state index is 12.5. The van der Waals surface area contributed by atoms with Gasteiger partial charge in [0.2, 0.25) is 5.91 Å². The molecule has 1 atom stereocenters. The van der Waals surface area contributed by atoms with Crippen LogP contribution in [0.1, 0.15) is 6.92 Å². The number of nitro benzene ring substituents is 1. The second-order valence-electron chi connectivity index (χ2n) is 5.45. The lowest BCUT2D eigenvalue weighted by molar-refractivity contribution is -0.384. The average molecular weight is 372 g/mol. The zero-order valence-electron chi connectivity index (χ0n) is 14.1. The van der Waals surface area contributed by atoms with Crippen LogP contribution in [0.3, 0.4) is 0 Å². The number of methoxy groups -OCH3 is 1. The Bertz CT molecular complexity index is 939. The van der Waals surface area contributed by atoms with Gasteiger partial charge in [-0.15, -0.1) is 0 Å². The van der Waals surface area contributed by atoms with Gasteiger partial charge in [-0.3, -0.25) is 14.9 Å². The Hall–Kier alpha value is -3.07. The number of carbonyl (C=O) groups is 1. The lowest BCUT2D eigenvalue weighted by Crippen LogP contribution is -2.22. The van der Waals surface area contributed by atoms with Gasteiger partial charge < -0.3 is 15.0 Å². The number of hydrogen-bond acceptors (Lipinski definition) is 6. The average Bonchev–Trinajstić information content (AvgIpc) is 3.03. The van der Waals surface area contributed by atoms with Gasteiger partial charge in [-0.05, 0) is 25.1 Å². The van der Waals surface area contributed by atoms with Gasteiger partial charge in [0, 0.05) is 6.07 Å². The summed E-state index contributed by atoms with van der Waals surface area (Å²) in [5, 5.41) is 13.8. The largest absolute Gasteiger partial charge is 0.494 e. The summed E-state index contributed by atoms with van der Waals surface area (Å²) >= 11 is 1.29. The molecule has 1 heterocycles. The second kappa shape index (κ2) is 7.44. The highest BCUT2D eigenvalue weighted by Gasteiger charge is 2.19. The van der Waals surface area contributed by atoms with Crippen LogP contribution in [-0.2, 0) is 4.79 Å². The maximum Gasteiger partial charge on any atom is 0.273 e. The number of benzene rings is 2. The molecule has 2 aromatic carbocycles. The molecule has 134 valence electrons. The molecule has 2 N–H and O–H groups in total. The first-order chi connectivity index (χ1) is 12.5. The molecule has 0 aliphatic rings. The van der Waals surface area contributed by atoms with E-state index < -0.39 is 10.2 Å². The van der Waals surface area contributed by atoms with E-state index in [4.69, 9.17) is 4.74 Å². The highest BCUT2D eigenvalue weighted by Crippen LogP contribution is 2.30. The van der Waals surface area contributed by atoms with Crippen LogP contribution in [0.2, 0.25) is 0 Å². The van der Waals surface area contributed by atoms with Gasteiger partial charge in [-0.25, -0.2) is 4.98 Å². The van der Waals surface area contributed by atoms with Crippen LogP contribution >= 0.6 is 11.8 Å². The normalized spacial score (nSPS) is 11.9. The van der Waals surface area contributed by atoms with E-state index in [0.29, 0.717) is 10.8 Å². The molecule has 8 nitrogen and oxygen atoms in total. The predicted octanol–water partition coefficient (Wildman–Crippen LogP) is 3.60. The van der Waals surface area contributed by atoms with Gasteiger partial charge in [0.1, 0.15) is 5.75 Å². The summed E-state index contributed by atoms with van der Waals surface area (Å²) in [4.78, 5) is 30.4. The molecular weight excluding hydrogens is 356 g/mol. The van der Waals surface area contributed by atoms with Crippen molar-refractivity contribution in [2.45, 2.75) is 17.3 Å². The van der Waals surface area contributed by atoms with Crippen molar-refractivity contribution in [3.05, 3.63) is 52.6 Å². The molecule has 0 fully saturated rings. The third kappa shape index (κ3) is 3.77. The van der Waals surface area contributed by atoms with Crippen LogP contribution in [0.4, 0.5) is 11.4 Å². The van der Waals surface area contributed by atoms with Crippen LogP contribution < -0.4 is 10.1 Å². The molecule has 3 aromatic rings. The van der Waals surface area contributed by atoms with E-state index >= 15 is 0 Å². The summed E-state index contributed by atoms with van der Waals surface area (Å²) in [7, 11) is 1.39. The molecule has 1 amide bonds. The number of fused-ring (bicyclic) bond motifs is 1. The minimum absolute atomic E-state index is 0.107. The molecule has 0 aliphatic heterocycles. The Labute approximate surface area is 153 Å². The minimum atomic E-state index is -0.520. The quantitative estimate of drug-likeness (QED) is 0.389. The van der Waals surface area contributed by atoms with Gasteiger partial charge in [0.15, 0.2) is 5.16 Å². The van der Waals surface area contributed by atoms with Crippen LogP contribution in [0, 0.1) is 10.1 Å². The first-order valence-corrected chi connectivity index (χ1v) is 8.60. The summed E-state index contributed by atoms with van der Waals surface area (Å²) in [6.45, 7) is 1.76. The van der Waals surface area contributed by atoms with Gasteiger partial charge >= 0.3 is 0 Å². The standard InChI is InChI=1S/C17H16N4O4S/c1-10(26-17-19-12-5-3-4-6-13(12)20-17)16(22)18-14-8-7-11(21(23)24)9-15(14)25-2/h3-10H,1-2H3,(H,18,22)(H,19,20)/t10-/m1/s1. The molecule has 0 radical (unpaired) electrons. The fraction of sp³-hybridized carbons (Fsp3) is 0.176. The van der Waals surface area contributed by atoms with Crippen molar-refractivity contribution in [1.29, 1.82) is 0 Å². The number of H-pyrrole nitrogens is 1. The molecule has 0 bridgehead atoms. The van der Waals surface area contributed by atoms with Crippen LogP contribution in [0.25, 0.3) is 11.0 Å². The van der Waals surface area contributed by atoms with Crippen molar-refractivity contribution in [1.82, 2.24) is 9.97 Å². The zero-order chi connectivity index (χ0) is 18.7. The number of imidazole rings is 1. The van der Waals surface area contributed by atoms with Crippen molar-refractivity contribution in [2.75, 3.05) is 12.4 Å². The van der Waals surface area contributed by atoms with Crippen molar-refractivity contribution in [2.24, 2.45) is 0 Å². The highest BCUT2D eigenvalue weighted by molar-refractivity contribution is 8.00. The van der Waals surface area contributed by atoms with Gasteiger partial charge in [-0.2, -0.15) is 0 Å². The number of non-ortho nitro benzene ring substituents is 1. The SMILES string of the molecule is COc1cc([N+](=O)[O-])ccc1NC(=O)[C@@H](C)Sc1nc2ccccc2[nH]1. The Morgan fingerprint density at radius 2 is 2.12 bits per heavy atom. The van der Waals surface area contributed by atoms with Gasteiger partial charge in [-0.1, -0.05) is 23.9 Å².